The van der Waals surface area contributed by atoms with Gasteiger partial charge in [-0.1, -0.05) is 243 Å². The summed E-state index contributed by atoms with van der Waals surface area (Å²) in [5, 5.41) is 2.30. The highest BCUT2D eigenvalue weighted by molar-refractivity contribution is 6.04. The summed E-state index contributed by atoms with van der Waals surface area (Å²) in [6.45, 7) is 0. The molecule has 0 saturated heterocycles. The fraction of sp³-hybridized carbons (Fsp3) is 0.0161. The first kappa shape index (κ1) is 38.2. The Bertz CT molecular complexity index is 3460. The average molecular weight is 828 g/mol. The van der Waals surface area contributed by atoms with Gasteiger partial charge in [-0.05, 0) is 83.6 Å². The van der Waals surface area contributed by atoms with Gasteiger partial charge in [0.2, 0.25) is 0 Å². The van der Waals surface area contributed by atoms with Crippen molar-refractivity contribution in [1.29, 1.82) is 0 Å². The van der Waals surface area contributed by atoms with Crippen molar-refractivity contribution in [2.24, 2.45) is 0 Å². The SMILES string of the molecule is c1ccc(-c2ccc(-c3nc(-c4ccccc4)nc(-c4ccc5ccc6c(c5c4)C(c4ccccc4)(c4ccccc4)c4c(-c5ccccc5-c5ccccc5)cccc4-6)n3)cc2)cc1. The van der Waals surface area contributed by atoms with Gasteiger partial charge in [0.1, 0.15) is 0 Å². The summed E-state index contributed by atoms with van der Waals surface area (Å²) in [5.74, 6) is 1.88. The summed E-state index contributed by atoms with van der Waals surface area (Å²) < 4.78 is 0. The van der Waals surface area contributed by atoms with Crippen molar-refractivity contribution >= 4 is 10.8 Å². The van der Waals surface area contributed by atoms with Crippen molar-refractivity contribution < 1.29 is 0 Å². The number of benzene rings is 10. The van der Waals surface area contributed by atoms with Gasteiger partial charge in [-0.3, -0.25) is 0 Å². The summed E-state index contributed by atoms with van der Waals surface area (Å²) in [4.78, 5) is 15.6. The van der Waals surface area contributed by atoms with E-state index in [-0.39, 0.29) is 0 Å². The Hall–Kier alpha value is -8.53. The molecule has 0 amide bonds. The first-order valence-corrected chi connectivity index (χ1v) is 22.2. The zero-order chi connectivity index (χ0) is 43.2. The van der Waals surface area contributed by atoms with Gasteiger partial charge in [0.25, 0.3) is 0 Å². The second kappa shape index (κ2) is 16.0. The second-order valence-corrected chi connectivity index (χ2v) is 16.7. The fourth-order valence-electron chi connectivity index (χ4n) is 10.1. The third-order valence-corrected chi connectivity index (χ3v) is 13.0. The molecular formula is C62H41N3. The molecule has 12 rings (SSSR count). The molecule has 0 bridgehead atoms. The number of rotatable bonds is 8. The van der Waals surface area contributed by atoms with Gasteiger partial charge in [-0.25, -0.2) is 15.0 Å². The van der Waals surface area contributed by atoms with Gasteiger partial charge in [0.05, 0.1) is 5.41 Å². The molecule has 0 radical (unpaired) electrons. The van der Waals surface area contributed by atoms with Crippen LogP contribution >= 0.6 is 0 Å². The zero-order valence-corrected chi connectivity index (χ0v) is 35.5. The zero-order valence-electron chi connectivity index (χ0n) is 35.5. The molecule has 0 fully saturated rings. The molecule has 1 heterocycles. The van der Waals surface area contributed by atoms with E-state index in [9.17, 15) is 0 Å². The molecule has 0 atom stereocenters. The van der Waals surface area contributed by atoms with Crippen LogP contribution in [0, 0.1) is 0 Å². The van der Waals surface area contributed by atoms with E-state index < -0.39 is 5.41 Å². The van der Waals surface area contributed by atoms with Crippen LogP contribution in [0.4, 0.5) is 0 Å². The number of hydrogen-bond acceptors (Lipinski definition) is 3. The molecule has 0 aliphatic heterocycles. The van der Waals surface area contributed by atoms with Crippen molar-refractivity contribution in [3.05, 3.63) is 271 Å². The van der Waals surface area contributed by atoms with Gasteiger partial charge in [0.15, 0.2) is 17.5 Å². The normalized spacial score (nSPS) is 12.4. The molecule has 0 spiro atoms. The van der Waals surface area contributed by atoms with Crippen molar-refractivity contribution in [2.75, 3.05) is 0 Å². The fourth-order valence-corrected chi connectivity index (χ4v) is 10.1. The van der Waals surface area contributed by atoms with Crippen molar-refractivity contribution in [3.63, 3.8) is 0 Å². The molecule has 11 aromatic rings. The topological polar surface area (TPSA) is 38.7 Å². The standard InChI is InChI=1S/C62H41N3/c1-6-19-42(20-7-1)43-33-36-47(37-34-43)60-63-59(46-23-10-3-11-24-46)64-61(65-60)48-38-35-45-39-40-55-54-32-18-31-53(52-30-17-16-29-51(52)44-21-8-2-9-22-44)57(54)62(58(55)56(45)41-48,49-25-12-4-13-26-49)50-27-14-5-15-28-50/h1-41H. The molecule has 65 heavy (non-hydrogen) atoms. The number of nitrogens with zero attached hydrogens (tertiary/aromatic N) is 3. The molecule has 0 unspecified atom stereocenters. The highest BCUT2D eigenvalue weighted by Gasteiger charge is 2.48. The van der Waals surface area contributed by atoms with Gasteiger partial charge in [-0.15, -0.1) is 0 Å². The van der Waals surface area contributed by atoms with Crippen LogP contribution in [0.1, 0.15) is 22.3 Å². The van der Waals surface area contributed by atoms with E-state index in [1.165, 1.54) is 61.2 Å². The summed E-state index contributed by atoms with van der Waals surface area (Å²) >= 11 is 0. The predicted molar refractivity (Wildman–Crippen MR) is 267 cm³/mol. The molecule has 304 valence electrons. The maximum absolute atomic E-state index is 5.26. The Kier molecular flexibility index (Phi) is 9.39. The van der Waals surface area contributed by atoms with Gasteiger partial charge in [-0.2, -0.15) is 0 Å². The lowest BCUT2D eigenvalue weighted by Gasteiger charge is -2.36. The van der Waals surface area contributed by atoms with Crippen molar-refractivity contribution in [3.8, 4) is 78.7 Å². The molecule has 1 aliphatic carbocycles. The Morgan fingerprint density at radius 1 is 0.246 bits per heavy atom. The third kappa shape index (κ3) is 6.48. The number of fused-ring (bicyclic) bond motifs is 5. The number of hydrogen-bond donors (Lipinski definition) is 0. The maximum atomic E-state index is 5.26. The minimum Gasteiger partial charge on any atom is -0.208 e. The first-order valence-electron chi connectivity index (χ1n) is 22.2. The lowest BCUT2D eigenvalue weighted by atomic mass is 9.65. The van der Waals surface area contributed by atoms with Crippen molar-refractivity contribution in [2.45, 2.75) is 5.41 Å². The minimum absolute atomic E-state index is 0.624. The largest absolute Gasteiger partial charge is 0.208 e. The lowest BCUT2D eigenvalue weighted by Crippen LogP contribution is -2.29. The molecule has 0 saturated carbocycles. The third-order valence-electron chi connectivity index (χ3n) is 13.0. The second-order valence-electron chi connectivity index (χ2n) is 16.7. The monoisotopic (exact) mass is 827 g/mol. The van der Waals surface area contributed by atoms with E-state index >= 15 is 0 Å². The van der Waals surface area contributed by atoms with E-state index in [2.05, 4.69) is 224 Å². The Morgan fingerprint density at radius 2 is 0.631 bits per heavy atom. The maximum Gasteiger partial charge on any atom is 0.164 e. The molecule has 3 heteroatoms. The van der Waals surface area contributed by atoms with Crippen LogP contribution in [-0.4, -0.2) is 15.0 Å². The Balaban J connectivity index is 1.12. The molecular weight excluding hydrogens is 787 g/mol. The van der Waals surface area contributed by atoms with Crippen LogP contribution in [-0.2, 0) is 5.41 Å². The van der Waals surface area contributed by atoms with E-state index in [1.54, 1.807) is 0 Å². The minimum atomic E-state index is -0.689. The highest BCUT2D eigenvalue weighted by atomic mass is 15.0. The van der Waals surface area contributed by atoms with Crippen molar-refractivity contribution in [1.82, 2.24) is 15.0 Å². The van der Waals surface area contributed by atoms with Gasteiger partial charge in [0, 0.05) is 16.7 Å². The smallest absolute Gasteiger partial charge is 0.164 e. The molecule has 10 aromatic carbocycles. The van der Waals surface area contributed by atoms with Crippen LogP contribution in [0.2, 0.25) is 0 Å². The van der Waals surface area contributed by atoms with Crippen LogP contribution in [0.25, 0.3) is 89.4 Å². The van der Waals surface area contributed by atoms with E-state index in [4.69, 9.17) is 15.0 Å². The highest BCUT2D eigenvalue weighted by Crippen LogP contribution is 2.61. The quantitative estimate of drug-likeness (QED) is 0.153. The molecule has 3 nitrogen and oxygen atoms in total. The average Bonchev–Trinajstić information content (AvgIpc) is 3.71. The van der Waals surface area contributed by atoms with Gasteiger partial charge < -0.3 is 0 Å². The molecule has 1 aromatic heterocycles. The summed E-state index contributed by atoms with van der Waals surface area (Å²) in [7, 11) is 0. The van der Waals surface area contributed by atoms with Crippen LogP contribution in [0.15, 0.2) is 249 Å². The van der Waals surface area contributed by atoms with E-state index in [0.717, 1.165) is 33.0 Å². The van der Waals surface area contributed by atoms with Crippen LogP contribution in [0.3, 0.4) is 0 Å². The van der Waals surface area contributed by atoms with Crippen LogP contribution < -0.4 is 0 Å². The van der Waals surface area contributed by atoms with E-state index in [1.807, 2.05) is 24.3 Å². The lowest BCUT2D eigenvalue weighted by molar-refractivity contribution is 0.777. The Labute approximate surface area is 379 Å². The summed E-state index contributed by atoms with van der Waals surface area (Å²) in [6, 6.07) is 89.2. The number of aromatic nitrogens is 3. The van der Waals surface area contributed by atoms with Gasteiger partial charge >= 0.3 is 0 Å². The Morgan fingerprint density at radius 3 is 1.23 bits per heavy atom. The first-order chi connectivity index (χ1) is 32.2. The molecule has 1 aliphatic rings. The summed E-state index contributed by atoms with van der Waals surface area (Å²) in [5.41, 5.74) is 16.6. The predicted octanol–water partition coefficient (Wildman–Crippen LogP) is 15.4. The summed E-state index contributed by atoms with van der Waals surface area (Å²) in [6.07, 6.45) is 0. The van der Waals surface area contributed by atoms with Crippen LogP contribution in [0.5, 0.6) is 0 Å². The molecule has 0 N–H and O–H groups in total. The van der Waals surface area contributed by atoms with E-state index in [0.29, 0.717) is 17.5 Å².